The number of hydrogen-bond acceptors (Lipinski definition) is 4. The van der Waals surface area contributed by atoms with Gasteiger partial charge in [-0.05, 0) is 38.2 Å². The summed E-state index contributed by atoms with van der Waals surface area (Å²) in [4.78, 5) is 19.1. The van der Waals surface area contributed by atoms with Crippen molar-refractivity contribution in [1.82, 2.24) is 20.4 Å². The van der Waals surface area contributed by atoms with Crippen LogP contribution in [0.4, 0.5) is 10.5 Å². The van der Waals surface area contributed by atoms with Gasteiger partial charge in [0, 0.05) is 51.5 Å². The predicted molar refractivity (Wildman–Crippen MR) is 109 cm³/mol. The van der Waals surface area contributed by atoms with Crippen molar-refractivity contribution in [1.29, 1.82) is 0 Å². The first-order valence-corrected chi connectivity index (χ1v) is 9.99. The molecular weight excluding hydrogens is 326 g/mol. The van der Waals surface area contributed by atoms with Crippen LogP contribution in [-0.2, 0) is 0 Å². The zero-order valence-electron chi connectivity index (χ0n) is 16.4. The molecular formula is C20H35N5O. The zero-order chi connectivity index (χ0) is 18.6. The summed E-state index contributed by atoms with van der Waals surface area (Å²) in [6, 6.07) is 10.5. The van der Waals surface area contributed by atoms with Crippen LogP contribution in [0.5, 0.6) is 0 Å². The molecule has 2 rings (SSSR count). The van der Waals surface area contributed by atoms with E-state index in [9.17, 15) is 4.79 Å². The van der Waals surface area contributed by atoms with E-state index in [0.29, 0.717) is 6.54 Å². The number of para-hydroxylation sites is 1. The highest BCUT2D eigenvalue weighted by Crippen LogP contribution is 2.15. The SMILES string of the molecule is CCN(CC)CCCNC(=O)NCCN1CCN(c2ccccc2)CC1. The van der Waals surface area contributed by atoms with Crippen molar-refractivity contribution in [3.8, 4) is 0 Å². The molecule has 2 N–H and O–H groups in total. The summed E-state index contributed by atoms with van der Waals surface area (Å²) in [5, 5.41) is 5.92. The Morgan fingerprint density at radius 2 is 1.65 bits per heavy atom. The number of carbonyl (C=O) groups excluding carboxylic acids is 1. The minimum atomic E-state index is -0.0486. The molecule has 0 bridgehead atoms. The van der Waals surface area contributed by atoms with E-state index in [0.717, 1.165) is 65.3 Å². The van der Waals surface area contributed by atoms with Gasteiger partial charge in [-0.1, -0.05) is 32.0 Å². The number of rotatable bonds is 10. The van der Waals surface area contributed by atoms with Crippen molar-refractivity contribution in [2.45, 2.75) is 20.3 Å². The summed E-state index contributed by atoms with van der Waals surface area (Å²) in [6.45, 7) is 14.0. The fourth-order valence-corrected chi connectivity index (χ4v) is 3.30. The number of nitrogens with zero attached hydrogens (tertiary/aromatic N) is 3. The smallest absolute Gasteiger partial charge is 0.314 e. The van der Waals surface area contributed by atoms with E-state index < -0.39 is 0 Å². The number of nitrogens with one attached hydrogen (secondary N) is 2. The van der Waals surface area contributed by atoms with Crippen LogP contribution in [0, 0.1) is 0 Å². The van der Waals surface area contributed by atoms with Gasteiger partial charge >= 0.3 is 6.03 Å². The molecule has 1 fully saturated rings. The summed E-state index contributed by atoms with van der Waals surface area (Å²) in [6.07, 6.45) is 0.997. The van der Waals surface area contributed by atoms with Crippen LogP contribution in [0.1, 0.15) is 20.3 Å². The molecule has 0 aromatic heterocycles. The van der Waals surface area contributed by atoms with E-state index in [1.807, 2.05) is 0 Å². The molecule has 0 aliphatic carbocycles. The highest BCUT2D eigenvalue weighted by molar-refractivity contribution is 5.73. The van der Waals surface area contributed by atoms with Gasteiger partial charge in [-0.3, -0.25) is 4.90 Å². The van der Waals surface area contributed by atoms with Crippen molar-refractivity contribution in [2.75, 3.05) is 70.3 Å². The Hall–Kier alpha value is -1.79. The van der Waals surface area contributed by atoms with Gasteiger partial charge in [0.05, 0.1) is 0 Å². The molecule has 1 aliphatic heterocycles. The lowest BCUT2D eigenvalue weighted by atomic mass is 10.2. The first-order chi connectivity index (χ1) is 12.7. The molecule has 1 aliphatic rings. The minimum Gasteiger partial charge on any atom is -0.369 e. The molecule has 1 aromatic carbocycles. The van der Waals surface area contributed by atoms with Gasteiger partial charge in [0.2, 0.25) is 0 Å². The van der Waals surface area contributed by atoms with Gasteiger partial charge in [-0.2, -0.15) is 0 Å². The number of carbonyl (C=O) groups is 1. The van der Waals surface area contributed by atoms with Crippen LogP contribution in [0.15, 0.2) is 30.3 Å². The average Bonchev–Trinajstić information content (AvgIpc) is 2.69. The Morgan fingerprint density at radius 1 is 1.00 bits per heavy atom. The maximum atomic E-state index is 11.8. The molecule has 0 atom stereocenters. The van der Waals surface area contributed by atoms with E-state index >= 15 is 0 Å². The molecule has 6 nitrogen and oxygen atoms in total. The summed E-state index contributed by atoms with van der Waals surface area (Å²) in [5.74, 6) is 0. The standard InChI is InChI=1S/C20H35N5O/c1-3-23(4-2)13-8-11-21-20(26)22-12-14-24-15-17-25(18-16-24)19-9-6-5-7-10-19/h5-7,9-10H,3-4,8,11-18H2,1-2H3,(H2,21,22,26). The van der Waals surface area contributed by atoms with Gasteiger partial charge in [-0.15, -0.1) is 0 Å². The van der Waals surface area contributed by atoms with Gasteiger partial charge in [-0.25, -0.2) is 4.79 Å². The fraction of sp³-hybridized carbons (Fsp3) is 0.650. The Kier molecular flexibility index (Phi) is 9.28. The number of anilines is 1. The van der Waals surface area contributed by atoms with E-state index in [2.05, 4.69) is 69.5 Å². The minimum absolute atomic E-state index is 0.0486. The summed E-state index contributed by atoms with van der Waals surface area (Å²) in [7, 11) is 0. The summed E-state index contributed by atoms with van der Waals surface area (Å²) < 4.78 is 0. The molecule has 6 heteroatoms. The normalized spacial score (nSPS) is 15.3. The lowest BCUT2D eigenvalue weighted by molar-refractivity contribution is 0.231. The number of amides is 2. The van der Waals surface area contributed by atoms with Gasteiger partial charge in [0.1, 0.15) is 0 Å². The Labute approximate surface area is 158 Å². The Balaban J connectivity index is 1.51. The van der Waals surface area contributed by atoms with Crippen molar-refractivity contribution >= 4 is 11.7 Å². The van der Waals surface area contributed by atoms with Crippen molar-refractivity contribution in [3.05, 3.63) is 30.3 Å². The van der Waals surface area contributed by atoms with Gasteiger partial charge < -0.3 is 20.4 Å². The maximum Gasteiger partial charge on any atom is 0.314 e. The molecule has 1 aromatic rings. The molecule has 2 amide bonds. The lowest BCUT2D eigenvalue weighted by Gasteiger charge is -2.36. The second-order valence-electron chi connectivity index (χ2n) is 6.73. The first kappa shape index (κ1) is 20.5. The van der Waals surface area contributed by atoms with E-state index in [1.54, 1.807) is 0 Å². The lowest BCUT2D eigenvalue weighted by Crippen LogP contribution is -2.49. The van der Waals surface area contributed by atoms with Crippen LogP contribution < -0.4 is 15.5 Å². The van der Waals surface area contributed by atoms with Crippen LogP contribution in [0.3, 0.4) is 0 Å². The maximum absolute atomic E-state index is 11.8. The van der Waals surface area contributed by atoms with Crippen molar-refractivity contribution in [3.63, 3.8) is 0 Å². The highest BCUT2D eigenvalue weighted by Gasteiger charge is 2.16. The molecule has 1 saturated heterocycles. The quantitative estimate of drug-likeness (QED) is 0.625. The monoisotopic (exact) mass is 361 g/mol. The molecule has 0 saturated carbocycles. The van der Waals surface area contributed by atoms with E-state index in [1.165, 1.54) is 5.69 Å². The topological polar surface area (TPSA) is 50.9 Å². The fourth-order valence-electron chi connectivity index (χ4n) is 3.30. The van der Waals surface area contributed by atoms with Gasteiger partial charge in [0.25, 0.3) is 0 Å². The Morgan fingerprint density at radius 3 is 2.31 bits per heavy atom. The molecule has 26 heavy (non-hydrogen) atoms. The summed E-state index contributed by atoms with van der Waals surface area (Å²) >= 11 is 0. The number of benzene rings is 1. The van der Waals surface area contributed by atoms with Crippen LogP contribution in [-0.4, -0.2) is 81.3 Å². The predicted octanol–water partition coefficient (Wildman–Crippen LogP) is 1.84. The zero-order valence-corrected chi connectivity index (χ0v) is 16.4. The largest absolute Gasteiger partial charge is 0.369 e. The van der Waals surface area contributed by atoms with Gasteiger partial charge in [0.15, 0.2) is 0 Å². The van der Waals surface area contributed by atoms with E-state index in [-0.39, 0.29) is 6.03 Å². The molecule has 0 radical (unpaired) electrons. The third-order valence-corrected chi connectivity index (χ3v) is 5.04. The number of hydrogen-bond donors (Lipinski definition) is 2. The third-order valence-electron chi connectivity index (χ3n) is 5.04. The summed E-state index contributed by atoms with van der Waals surface area (Å²) in [5.41, 5.74) is 1.30. The highest BCUT2D eigenvalue weighted by atomic mass is 16.2. The van der Waals surface area contributed by atoms with E-state index in [4.69, 9.17) is 0 Å². The second kappa shape index (κ2) is 11.8. The average molecular weight is 362 g/mol. The molecule has 0 unspecified atom stereocenters. The molecule has 146 valence electrons. The third kappa shape index (κ3) is 7.22. The van der Waals surface area contributed by atoms with Crippen molar-refractivity contribution in [2.24, 2.45) is 0 Å². The van der Waals surface area contributed by atoms with Crippen LogP contribution in [0.25, 0.3) is 0 Å². The second-order valence-corrected chi connectivity index (χ2v) is 6.73. The molecule has 0 spiro atoms. The van der Waals surface area contributed by atoms with Crippen molar-refractivity contribution < 1.29 is 4.79 Å². The van der Waals surface area contributed by atoms with Crippen LogP contribution in [0.2, 0.25) is 0 Å². The van der Waals surface area contributed by atoms with Crippen LogP contribution >= 0.6 is 0 Å². The molecule has 1 heterocycles. The Bertz CT molecular complexity index is 498. The number of piperazine rings is 1. The first-order valence-electron chi connectivity index (χ1n) is 9.99. The number of urea groups is 1.